The van der Waals surface area contributed by atoms with Crippen molar-refractivity contribution in [3.8, 4) is 0 Å². The third-order valence-electron chi connectivity index (χ3n) is 2.14. The van der Waals surface area contributed by atoms with Crippen LogP contribution in [0.15, 0.2) is 34.2 Å². The standard InChI is InChI=1S/C12H9Cl3N2S/c1-2-11-16-10(15)6-12(17-11)18-9-5-7(13)3-4-8(9)14/h3-6H,2H2,1H3. The Balaban J connectivity index is 2.33. The number of rotatable bonds is 3. The Labute approximate surface area is 125 Å². The van der Waals surface area contributed by atoms with Crippen LogP contribution in [0.1, 0.15) is 12.7 Å². The lowest BCUT2D eigenvalue weighted by atomic mass is 10.4. The minimum Gasteiger partial charge on any atom is -0.226 e. The summed E-state index contributed by atoms with van der Waals surface area (Å²) in [6.07, 6.45) is 0.734. The zero-order chi connectivity index (χ0) is 13.1. The zero-order valence-corrected chi connectivity index (χ0v) is 12.5. The van der Waals surface area contributed by atoms with Crippen molar-refractivity contribution >= 4 is 46.6 Å². The number of hydrogen-bond acceptors (Lipinski definition) is 3. The molecule has 0 amide bonds. The highest BCUT2D eigenvalue weighted by molar-refractivity contribution is 7.99. The third kappa shape index (κ3) is 3.51. The summed E-state index contributed by atoms with van der Waals surface area (Å²) in [5.41, 5.74) is 0. The number of aryl methyl sites for hydroxylation is 1. The second kappa shape index (κ2) is 6.11. The van der Waals surface area contributed by atoms with Crippen LogP contribution in [-0.2, 0) is 6.42 Å². The fourth-order valence-electron chi connectivity index (χ4n) is 1.32. The molecular weight excluding hydrogens is 311 g/mol. The van der Waals surface area contributed by atoms with Gasteiger partial charge in [0.2, 0.25) is 0 Å². The molecule has 0 saturated heterocycles. The molecule has 2 aromatic rings. The molecule has 1 heterocycles. The van der Waals surface area contributed by atoms with Gasteiger partial charge in [-0.15, -0.1) is 0 Å². The SMILES string of the molecule is CCc1nc(Cl)cc(Sc2cc(Cl)ccc2Cl)n1. The maximum Gasteiger partial charge on any atom is 0.133 e. The molecule has 1 aromatic carbocycles. The Morgan fingerprint density at radius 1 is 1.11 bits per heavy atom. The number of halogens is 3. The molecule has 2 rings (SSSR count). The smallest absolute Gasteiger partial charge is 0.133 e. The predicted molar refractivity (Wildman–Crippen MR) is 77.0 cm³/mol. The van der Waals surface area contributed by atoms with Gasteiger partial charge in [-0.25, -0.2) is 9.97 Å². The molecule has 0 radical (unpaired) electrons. The summed E-state index contributed by atoms with van der Waals surface area (Å²) in [6, 6.07) is 7.02. The monoisotopic (exact) mass is 318 g/mol. The molecule has 0 saturated carbocycles. The summed E-state index contributed by atoms with van der Waals surface area (Å²) in [5.74, 6) is 0.711. The van der Waals surface area contributed by atoms with Gasteiger partial charge in [0, 0.05) is 22.4 Å². The molecule has 0 unspecified atom stereocenters. The van der Waals surface area contributed by atoms with Crippen LogP contribution in [0.25, 0.3) is 0 Å². The molecule has 0 atom stereocenters. The van der Waals surface area contributed by atoms with Crippen molar-refractivity contribution < 1.29 is 0 Å². The Hall–Kier alpha value is -0.480. The molecule has 0 aliphatic carbocycles. The summed E-state index contributed by atoms with van der Waals surface area (Å²) in [4.78, 5) is 9.35. The van der Waals surface area contributed by atoms with Crippen LogP contribution in [0.4, 0.5) is 0 Å². The van der Waals surface area contributed by atoms with E-state index in [2.05, 4.69) is 9.97 Å². The van der Waals surface area contributed by atoms with Gasteiger partial charge < -0.3 is 0 Å². The summed E-state index contributed by atoms with van der Waals surface area (Å²) < 4.78 is 0. The van der Waals surface area contributed by atoms with Gasteiger partial charge in [0.25, 0.3) is 0 Å². The van der Waals surface area contributed by atoms with E-state index in [0.29, 0.717) is 21.0 Å². The number of aromatic nitrogens is 2. The number of hydrogen-bond donors (Lipinski definition) is 0. The molecule has 0 spiro atoms. The van der Waals surface area contributed by atoms with Crippen molar-refractivity contribution in [1.82, 2.24) is 9.97 Å². The largest absolute Gasteiger partial charge is 0.226 e. The fraction of sp³-hybridized carbons (Fsp3) is 0.167. The third-order valence-corrected chi connectivity index (χ3v) is 3.99. The van der Waals surface area contributed by atoms with Crippen molar-refractivity contribution in [2.45, 2.75) is 23.3 Å². The molecule has 18 heavy (non-hydrogen) atoms. The van der Waals surface area contributed by atoms with Crippen molar-refractivity contribution in [3.05, 3.63) is 45.3 Å². The van der Waals surface area contributed by atoms with E-state index < -0.39 is 0 Å². The first kappa shape index (κ1) is 13.9. The van der Waals surface area contributed by atoms with Gasteiger partial charge in [0.15, 0.2) is 0 Å². The summed E-state index contributed by atoms with van der Waals surface area (Å²) in [7, 11) is 0. The van der Waals surface area contributed by atoms with Crippen molar-refractivity contribution in [2.75, 3.05) is 0 Å². The quantitative estimate of drug-likeness (QED) is 0.732. The molecule has 94 valence electrons. The summed E-state index contributed by atoms with van der Waals surface area (Å²) >= 11 is 19.4. The second-order valence-electron chi connectivity index (χ2n) is 3.48. The van der Waals surface area contributed by atoms with Gasteiger partial charge in [0.05, 0.1) is 5.02 Å². The van der Waals surface area contributed by atoms with Crippen LogP contribution in [0, 0.1) is 0 Å². The Morgan fingerprint density at radius 2 is 1.89 bits per heavy atom. The Kier molecular flexibility index (Phi) is 4.73. The second-order valence-corrected chi connectivity index (χ2v) is 5.77. The van der Waals surface area contributed by atoms with E-state index in [4.69, 9.17) is 34.8 Å². The van der Waals surface area contributed by atoms with Crippen molar-refractivity contribution in [3.63, 3.8) is 0 Å². The van der Waals surface area contributed by atoms with E-state index in [0.717, 1.165) is 16.3 Å². The molecule has 0 fully saturated rings. The van der Waals surface area contributed by atoms with E-state index in [9.17, 15) is 0 Å². The van der Waals surface area contributed by atoms with Crippen LogP contribution >= 0.6 is 46.6 Å². The van der Waals surface area contributed by atoms with Crippen LogP contribution in [0.5, 0.6) is 0 Å². The van der Waals surface area contributed by atoms with E-state index in [1.807, 2.05) is 6.92 Å². The molecule has 6 heteroatoms. The molecule has 0 aliphatic rings. The highest BCUT2D eigenvalue weighted by atomic mass is 35.5. The first-order valence-corrected chi connectivity index (χ1v) is 7.20. The number of nitrogens with zero attached hydrogens (tertiary/aromatic N) is 2. The van der Waals surface area contributed by atoms with Crippen LogP contribution < -0.4 is 0 Å². The van der Waals surface area contributed by atoms with E-state index >= 15 is 0 Å². The maximum absolute atomic E-state index is 6.10. The molecule has 2 nitrogen and oxygen atoms in total. The summed E-state index contributed by atoms with van der Waals surface area (Å²) in [6.45, 7) is 1.98. The summed E-state index contributed by atoms with van der Waals surface area (Å²) in [5, 5.41) is 2.47. The zero-order valence-electron chi connectivity index (χ0n) is 9.45. The van der Waals surface area contributed by atoms with Gasteiger partial charge in [-0.3, -0.25) is 0 Å². The van der Waals surface area contributed by atoms with Gasteiger partial charge >= 0.3 is 0 Å². The maximum atomic E-state index is 6.10. The molecule has 1 aromatic heterocycles. The first-order chi connectivity index (χ1) is 8.58. The predicted octanol–water partition coefficient (Wildman–Crippen LogP) is 5.15. The minimum absolute atomic E-state index is 0.433. The topological polar surface area (TPSA) is 25.8 Å². The average molecular weight is 320 g/mol. The van der Waals surface area contributed by atoms with Crippen molar-refractivity contribution in [2.24, 2.45) is 0 Å². The lowest BCUT2D eigenvalue weighted by molar-refractivity contribution is 0.889. The van der Waals surface area contributed by atoms with E-state index in [-0.39, 0.29) is 0 Å². The van der Waals surface area contributed by atoms with E-state index in [1.54, 1.807) is 24.3 Å². The van der Waals surface area contributed by atoms with Gasteiger partial charge in [-0.1, -0.05) is 53.5 Å². The van der Waals surface area contributed by atoms with Gasteiger partial charge in [0.1, 0.15) is 16.0 Å². The van der Waals surface area contributed by atoms with Crippen molar-refractivity contribution in [1.29, 1.82) is 0 Å². The Bertz CT molecular complexity index is 575. The van der Waals surface area contributed by atoms with Crippen LogP contribution in [0.3, 0.4) is 0 Å². The van der Waals surface area contributed by atoms with Gasteiger partial charge in [-0.2, -0.15) is 0 Å². The highest BCUT2D eigenvalue weighted by Crippen LogP contribution is 2.34. The molecule has 0 aliphatic heterocycles. The highest BCUT2D eigenvalue weighted by Gasteiger charge is 2.07. The first-order valence-electron chi connectivity index (χ1n) is 5.25. The normalized spacial score (nSPS) is 10.7. The molecular formula is C12H9Cl3N2S. The average Bonchev–Trinajstić information content (AvgIpc) is 2.33. The Morgan fingerprint density at radius 3 is 2.61 bits per heavy atom. The number of benzene rings is 1. The minimum atomic E-state index is 0.433. The van der Waals surface area contributed by atoms with Gasteiger partial charge in [-0.05, 0) is 18.2 Å². The fourth-order valence-corrected chi connectivity index (χ4v) is 2.95. The van der Waals surface area contributed by atoms with Crippen LogP contribution in [-0.4, -0.2) is 9.97 Å². The lowest BCUT2D eigenvalue weighted by Gasteiger charge is -2.05. The molecule has 0 bridgehead atoms. The van der Waals surface area contributed by atoms with Crippen LogP contribution in [0.2, 0.25) is 15.2 Å². The van der Waals surface area contributed by atoms with E-state index in [1.165, 1.54) is 11.8 Å². The molecule has 0 N–H and O–H groups in total. The lowest BCUT2D eigenvalue weighted by Crippen LogP contribution is -1.94.